The number of hydrogen-bond donors (Lipinski definition) is 0. The highest BCUT2D eigenvalue weighted by atomic mass is 127. The maximum absolute atomic E-state index is 2.42. The minimum absolute atomic E-state index is 0.693. The summed E-state index contributed by atoms with van der Waals surface area (Å²) in [5.41, 5.74) is 0. The molecule has 0 aromatic carbocycles. The summed E-state index contributed by atoms with van der Waals surface area (Å²) in [4.78, 5) is 0. The Morgan fingerprint density at radius 2 is 2.11 bits per heavy atom. The van der Waals surface area contributed by atoms with Crippen molar-refractivity contribution in [1.29, 1.82) is 0 Å². The van der Waals surface area contributed by atoms with E-state index in [1.807, 2.05) is 13.0 Å². The van der Waals surface area contributed by atoms with Gasteiger partial charge in [0.15, 0.2) is 0 Å². The minimum Gasteiger partial charge on any atom is -0.0877 e. The van der Waals surface area contributed by atoms with E-state index >= 15 is 0 Å². The van der Waals surface area contributed by atoms with Gasteiger partial charge >= 0.3 is 0 Å². The molecular formula is C8H13I. The Kier molecular flexibility index (Phi) is 6.48. The van der Waals surface area contributed by atoms with Crippen LogP contribution in [0.1, 0.15) is 20.3 Å². The molecule has 1 atom stereocenters. The van der Waals surface area contributed by atoms with E-state index in [4.69, 9.17) is 0 Å². The number of halogens is 1. The molecule has 0 radical (unpaired) electrons. The Bertz CT molecular complexity index is 103. The molecule has 0 spiro atoms. The second-order valence-corrected chi connectivity index (χ2v) is 3.43. The van der Waals surface area contributed by atoms with Crippen molar-refractivity contribution in [3.63, 3.8) is 0 Å². The molecule has 0 rings (SSSR count). The second kappa shape index (κ2) is 6.33. The van der Waals surface area contributed by atoms with Crippen molar-refractivity contribution in [1.82, 2.24) is 0 Å². The Morgan fingerprint density at radius 1 is 1.44 bits per heavy atom. The van der Waals surface area contributed by atoms with E-state index in [-0.39, 0.29) is 0 Å². The molecular weight excluding hydrogens is 223 g/mol. The highest BCUT2D eigenvalue weighted by Crippen LogP contribution is 2.05. The highest BCUT2D eigenvalue weighted by molar-refractivity contribution is 14.1. The van der Waals surface area contributed by atoms with Gasteiger partial charge in [0.05, 0.1) is 0 Å². The SMILES string of the molecule is C/C=C\C=C/C(I)CC. The van der Waals surface area contributed by atoms with Crippen molar-refractivity contribution in [2.75, 3.05) is 0 Å². The number of rotatable bonds is 3. The summed E-state index contributed by atoms with van der Waals surface area (Å²) < 4.78 is 0.693. The molecule has 9 heavy (non-hydrogen) atoms. The maximum Gasteiger partial charge on any atom is 0.0289 e. The van der Waals surface area contributed by atoms with Gasteiger partial charge in [-0.15, -0.1) is 0 Å². The van der Waals surface area contributed by atoms with Gasteiger partial charge in [-0.25, -0.2) is 0 Å². The Labute approximate surface area is 71.2 Å². The minimum atomic E-state index is 0.693. The lowest BCUT2D eigenvalue weighted by molar-refractivity contribution is 1.01. The summed E-state index contributed by atoms with van der Waals surface area (Å²) in [6.07, 6.45) is 9.62. The average molecular weight is 236 g/mol. The lowest BCUT2D eigenvalue weighted by Crippen LogP contribution is -1.85. The zero-order valence-electron chi connectivity index (χ0n) is 5.97. The van der Waals surface area contributed by atoms with Crippen LogP contribution in [-0.2, 0) is 0 Å². The fraction of sp³-hybridized carbons (Fsp3) is 0.500. The van der Waals surface area contributed by atoms with E-state index in [0.717, 1.165) is 0 Å². The molecule has 0 amide bonds. The van der Waals surface area contributed by atoms with Crippen molar-refractivity contribution < 1.29 is 0 Å². The fourth-order valence-corrected chi connectivity index (χ4v) is 0.672. The molecule has 0 aliphatic heterocycles. The Morgan fingerprint density at radius 3 is 2.56 bits per heavy atom. The third-order valence-electron chi connectivity index (χ3n) is 1.01. The van der Waals surface area contributed by atoms with E-state index in [1.54, 1.807) is 0 Å². The third kappa shape index (κ3) is 6.09. The van der Waals surface area contributed by atoms with Crippen molar-refractivity contribution in [3.05, 3.63) is 24.3 Å². The van der Waals surface area contributed by atoms with Gasteiger partial charge in [-0.2, -0.15) is 0 Å². The molecule has 0 aromatic rings. The predicted octanol–water partition coefficient (Wildman–Crippen LogP) is 3.33. The van der Waals surface area contributed by atoms with Crippen molar-refractivity contribution in [2.24, 2.45) is 0 Å². The number of hydrogen-bond acceptors (Lipinski definition) is 0. The first-order valence-corrected chi connectivity index (χ1v) is 4.49. The monoisotopic (exact) mass is 236 g/mol. The van der Waals surface area contributed by atoms with Crippen LogP contribution in [0.2, 0.25) is 0 Å². The van der Waals surface area contributed by atoms with Crippen molar-refractivity contribution >= 4 is 22.6 Å². The van der Waals surface area contributed by atoms with Crippen LogP contribution in [0.3, 0.4) is 0 Å². The molecule has 0 heterocycles. The largest absolute Gasteiger partial charge is 0.0877 e. The standard InChI is InChI=1S/C8H13I/c1-3-5-6-7-8(9)4-2/h3,5-8H,4H2,1-2H3/b5-3-,7-6-. The Balaban J connectivity index is 3.43. The lowest BCUT2D eigenvalue weighted by Gasteiger charge is -1.93. The van der Waals surface area contributed by atoms with Crippen LogP contribution in [0.25, 0.3) is 0 Å². The van der Waals surface area contributed by atoms with E-state index in [0.29, 0.717) is 3.92 Å². The number of alkyl halides is 1. The normalized spacial score (nSPS) is 15.4. The molecule has 0 N–H and O–H groups in total. The second-order valence-electron chi connectivity index (χ2n) is 1.83. The molecule has 0 fully saturated rings. The van der Waals surface area contributed by atoms with Gasteiger partial charge in [0.2, 0.25) is 0 Å². The molecule has 0 saturated carbocycles. The van der Waals surface area contributed by atoms with Crippen LogP contribution in [0, 0.1) is 0 Å². The van der Waals surface area contributed by atoms with Crippen LogP contribution in [0.15, 0.2) is 24.3 Å². The van der Waals surface area contributed by atoms with Crippen LogP contribution < -0.4 is 0 Å². The van der Waals surface area contributed by atoms with Gasteiger partial charge in [-0.3, -0.25) is 0 Å². The summed E-state index contributed by atoms with van der Waals surface area (Å²) in [5.74, 6) is 0. The summed E-state index contributed by atoms with van der Waals surface area (Å²) >= 11 is 2.42. The zero-order chi connectivity index (χ0) is 7.11. The molecule has 1 heteroatoms. The molecule has 52 valence electrons. The Hall–Kier alpha value is 0.210. The molecule has 0 saturated heterocycles. The van der Waals surface area contributed by atoms with Crippen molar-refractivity contribution in [2.45, 2.75) is 24.2 Å². The third-order valence-corrected chi connectivity index (χ3v) is 2.31. The average Bonchev–Trinajstić information content (AvgIpc) is 1.89. The molecule has 0 nitrogen and oxygen atoms in total. The van der Waals surface area contributed by atoms with Gasteiger partial charge in [-0.1, -0.05) is 53.8 Å². The van der Waals surface area contributed by atoms with E-state index in [2.05, 4.69) is 47.7 Å². The van der Waals surface area contributed by atoms with E-state index in [1.165, 1.54) is 6.42 Å². The van der Waals surface area contributed by atoms with E-state index in [9.17, 15) is 0 Å². The topological polar surface area (TPSA) is 0 Å². The summed E-state index contributed by atoms with van der Waals surface area (Å²) in [6, 6.07) is 0. The summed E-state index contributed by atoms with van der Waals surface area (Å²) in [5, 5.41) is 0. The lowest BCUT2D eigenvalue weighted by atomic mass is 10.3. The fourth-order valence-electron chi connectivity index (χ4n) is 0.432. The van der Waals surface area contributed by atoms with Gasteiger partial charge in [-0.05, 0) is 13.3 Å². The number of allylic oxidation sites excluding steroid dienone is 4. The first-order valence-electron chi connectivity index (χ1n) is 3.24. The smallest absolute Gasteiger partial charge is 0.0289 e. The van der Waals surface area contributed by atoms with Crippen molar-refractivity contribution in [3.8, 4) is 0 Å². The van der Waals surface area contributed by atoms with Gasteiger partial charge < -0.3 is 0 Å². The first-order chi connectivity index (χ1) is 4.31. The highest BCUT2D eigenvalue weighted by Gasteiger charge is 1.89. The van der Waals surface area contributed by atoms with Gasteiger partial charge in [0, 0.05) is 3.92 Å². The maximum atomic E-state index is 2.42. The summed E-state index contributed by atoms with van der Waals surface area (Å²) in [6.45, 7) is 4.22. The van der Waals surface area contributed by atoms with Crippen LogP contribution in [0.4, 0.5) is 0 Å². The van der Waals surface area contributed by atoms with Gasteiger partial charge in [0.1, 0.15) is 0 Å². The molecule has 0 bridgehead atoms. The van der Waals surface area contributed by atoms with Crippen LogP contribution in [-0.4, -0.2) is 3.92 Å². The molecule has 1 unspecified atom stereocenters. The van der Waals surface area contributed by atoms with E-state index < -0.39 is 0 Å². The quantitative estimate of drug-likeness (QED) is 0.400. The first kappa shape index (κ1) is 9.21. The van der Waals surface area contributed by atoms with Crippen LogP contribution in [0.5, 0.6) is 0 Å². The van der Waals surface area contributed by atoms with Gasteiger partial charge in [0.25, 0.3) is 0 Å². The van der Waals surface area contributed by atoms with Crippen LogP contribution >= 0.6 is 22.6 Å². The molecule has 0 aromatic heterocycles. The summed E-state index contributed by atoms with van der Waals surface area (Å²) in [7, 11) is 0. The zero-order valence-corrected chi connectivity index (χ0v) is 8.13. The predicted molar refractivity (Wildman–Crippen MR) is 52.1 cm³/mol. The molecule has 0 aliphatic carbocycles. The molecule has 0 aliphatic rings.